The number of allylic oxidation sites excluding steroid dienone is 1. The monoisotopic (exact) mass is 435 g/mol. The first-order valence-electron chi connectivity index (χ1n) is 11.7. The third kappa shape index (κ3) is 7.04. The standard InChI is InChI=1S/C27H33NO4/c1-2-32-27(31)11-5-3-4-8-18-28-24(15-17-26(28)30)14-16-25(29)20-21-12-13-22-9-6-7-10-23(22)19-21/h6-7,9-10,12-14,16,19,24H,2-5,8,11,15,17-18,20H2,1H3/b16-14+. The van der Waals surface area contributed by atoms with Gasteiger partial charge in [0.05, 0.1) is 12.6 Å². The van der Waals surface area contributed by atoms with Crippen LogP contribution in [0.1, 0.15) is 57.4 Å². The molecule has 0 aliphatic carbocycles. The normalized spacial score (nSPS) is 16.2. The molecule has 2 aromatic rings. The van der Waals surface area contributed by atoms with Crippen LogP contribution in [0.4, 0.5) is 0 Å². The van der Waals surface area contributed by atoms with Crippen LogP contribution in [0, 0.1) is 0 Å². The van der Waals surface area contributed by atoms with Crippen LogP contribution in [0.3, 0.4) is 0 Å². The summed E-state index contributed by atoms with van der Waals surface area (Å²) in [4.78, 5) is 38.0. The fraction of sp³-hybridized carbons (Fsp3) is 0.444. The SMILES string of the molecule is CCOC(=O)CCCCCCN1C(=O)CCC1/C=C/C(=O)Cc1ccc2ccccc2c1. The summed E-state index contributed by atoms with van der Waals surface area (Å²) in [5.74, 6) is 0.0764. The van der Waals surface area contributed by atoms with E-state index in [1.807, 2.05) is 42.2 Å². The van der Waals surface area contributed by atoms with Crippen LogP contribution in [0.15, 0.2) is 54.6 Å². The molecule has 1 aliphatic heterocycles. The van der Waals surface area contributed by atoms with Crippen LogP contribution in [-0.2, 0) is 25.5 Å². The van der Waals surface area contributed by atoms with E-state index >= 15 is 0 Å². The molecular weight excluding hydrogens is 402 g/mol. The topological polar surface area (TPSA) is 63.7 Å². The van der Waals surface area contributed by atoms with Gasteiger partial charge < -0.3 is 9.64 Å². The number of hydrogen-bond donors (Lipinski definition) is 0. The molecule has 32 heavy (non-hydrogen) atoms. The molecule has 0 spiro atoms. The molecule has 3 rings (SSSR count). The maximum Gasteiger partial charge on any atom is 0.305 e. The van der Waals surface area contributed by atoms with E-state index in [0.717, 1.165) is 43.1 Å². The number of fused-ring (bicyclic) bond motifs is 1. The van der Waals surface area contributed by atoms with Gasteiger partial charge in [0, 0.05) is 25.8 Å². The highest BCUT2D eigenvalue weighted by molar-refractivity contribution is 5.93. The van der Waals surface area contributed by atoms with Crippen LogP contribution < -0.4 is 0 Å². The number of esters is 1. The first kappa shape index (κ1) is 23.7. The van der Waals surface area contributed by atoms with Gasteiger partial charge in [-0.1, -0.05) is 61.4 Å². The summed E-state index contributed by atoms with van der Waals surface area (Å²) in [5.41, 5.74) is 1.00. The highest BCUT2D eigenvalue weighted by atomic mass is 16.5. The van der Waals surface area contributed by atoms with E-state index in [9.17, 15) is 14.4 Å². The first-order valence-corrected chi connectivity index (χ1v) is 11.7. The van der Waals surface area contributed by atoms with Crippen molar-refractivity contribution in [3.63, 3.8) is 0 Å². The lowest BCUT2D eigenvalue weighted by Crippen LogP contribution is -2.32. The zero-order chi connectivity index (χ0) is 22.8. The van der Waals surface area contributed by atoms with E-state index in [4.69, 9.17) is 4.74 Å². The molecule has 1 unspecified atom stereocenters. The largest absolute Gasteiger partial charge is 0.466 e. The lowest BCUT2D eigenvalue weighted by atomic mass is 10.0. The van der Waals surface area contributed by atoms with Crippen LogP contribution in [0.5, 0.6) is 0 Å². The lowest BCUT2D eigenvalue weighted by Gasteiger charge is -2.22. The maximum absolute atomic E-state index is 12.5. The average molecular weight is 436 g/mol. The molecule has 1 heterocycles. The number of ketones is 1. The van der Waals surface area contributed by atoms with E-state index < -0.39 is 0 Å². The lowest BCUT2D eigenvalue weighted by molar-refractivity contribution is -0.143. The highest BCUT2D eigenvalue weighted by Crippen LogP contribution is 2.21. The Labute approximate surface area is 190 Å². The predicted octanol–water partition coefficient (Wildman–Crippen LogP) is 5.01. The van der Waals surface area contributed by atoms with Crippen molar-refractivity contribution in [1.82, 2.24) is 4.90 Å². The Morgan fingerprint density at radius 3 is 2.66 bits per heavy atom. The van der Waals surface area contributed by atoms with Crippen molar-refractivity contribution in [2.75, 3.05) is 13.2 Å². The Balaban J connectivity index is 1.43. The molecule has 170 valence electrons. The molecule has 0 bridgehead atoms. The van der Waals surface area contributed by atoms with E-state index in [1.165, 1.54) is 5.39 Å². The Morgan fingerprint density at radius 2 is 1.84 bits per heavy atom. The van der Waals surface area contributed by atoms with Crippen molar-refractivity contribution in [3.05, 3.63) is 60.2 Å². The second-order valence-electron chi connectivity index (χ2n) is 8.35. The van der Waals surface area contributed by atoms with E-state index in [2.05, 4.69) is 18.2 Å². The number of carbonyl (C=O) groups is 3. The molecule has 1 saturated heterocycles. The zero-order valence-corrected chi connectivity index (χ0v) is 18.9. The van der Waals surface area contributed by atoms with Crippen molar-refractivity contribution in [2.45, 2.75) is 64.3 Å². The van der Waals surface area contributed by atoms with Gasteiger partial charge in [-0.05, 0) is 48.6 Å². The fourth-order valence-electron chi connectivity index (χ4n) is 4.21. The second kappa shape index (κ2) is 12.2. The Bertz CT molecular complexity index is 965. The number of unbranched alkanes of at least 4 members (excludes halogenated alkanes) is 3. The maximum atomic E-state index is 12.5. The summed E-state index contributed by atoms with van der Waals surface area (Å²) in [6.07, 6.45) is 9.32. The number of likely N-dealkylation sites (tertiary alicyclic amines) is 1. The van der Waals surface area contributed by atoms with E-state index in [1.54, 1.807) is 6.08 Å². The van der Waals surface area contributed by atoms with Crippen LogP contribution in [0.25, 0.3) is 10.8 Å². The minimum absolute atomic E-state index is 0.00239. The third-order valence-corrected chi connectivity index (χ3v) is 5.91. The molecule has 1 atom stereocenters. The summed E-state index contributed by atoms with van der Waals surface area (Å²) in [6.45, 7) is 2.94. The third-order valence-electron chi connectivity index (χ3n) is 5.91. The van der Waals surface area contributed by atoms with Gasteiger partial charge >= 0.3 is 5.97 Å². The molecule has 1 amide bonds. The van der Waals surface area contributed by atoms with Crippen LogP contribution in [0.2, 0.25) is 0 Å². The van der Waals surface area contributed by atoms with Crippen molar-refractivity contribution in [1.29, 1.82) is 0 Å². The molecular formula is C27H33NO4. The summed E-state index contributed by atoms with van der Waals surface area (Å²) < 4.78 is 4.93. The molecule has 0 radical (unpaired) electrons. The van der Waals surface area contributed by atoms with Gasteiger partial charge in [0.15, 0.2) is 5.78 Å². The van der Waals surface area contributed by atoms with Gasteiger partial charge in [0.1, 0.15) is 0 Å². The summed E-state index contributed by atoms with van der Waals surface area (Å²) in [7, 11) is 0. The number of rotatable bonds is 12. The van der Waals surface area contributed by atoms with Crippen LogP contribution in [-0.4, -0.2) is 41.8 Å². The molecule has 1 fully saturated rings. The molecule has 0 N–H and O–H groups in total. The minimum Gasteiger partial charge on any atom is -0.466 e. The molecule has 2 aromatic carbocycles. The first-order chi connectivity index (χ1) is 15.6. The fourth-order valence-corrected chi connectivity index (χ4v) is 4.21. The van der Waals surface area contributed by atoms with Crippen molar-refractivity contribution in [2.24, 2.45) is 0 Å². The second-order valence-corrected chi connectivity index (χ2v) is 8.35. The quantitative estimate of drug-likeness (QED) is 0.267. The minimum atomic E-state index is -0.138. The van der Waals surface area contributed by atoms with Crippen molar-refractivity contribution in [3.8, 4) is 0 Å². The van der Waals surface area contributed by atoms with Gasteiger partial charge in [0.2, 0.25) is 5.91 Å². The molecule has 5 heteroatoms. The Hall–Kier alpha value is -2.95. The zero-order valence-electron chi connectivity index (χ0n) is 18.9. The number of carbonyl (C=O) groups excluding carboxylic acids is 3. The number of ether oxygens (including phenoxy) is 1. The average Bonchev–Trinajstić information content (AvgIpc) is 3.14. The summed E-state index contributed by atoms with van der Waals surface area (Å²) in [5, 5.41) is 2.30. The van der Waals surface area contributed by atoms with Gasteiger partial charge in [-0.3, -0.25) is 14.4 Å². The predicted molar refractivity (Wildman–Crippen MR) is 126 cm³/mol. The molecule has 1 aliphatic rings. The summed E-state index contributed by atoms with van der Waals surface area (Å²) in [6, 6.07) is 14.2. The van der Waals surface area contributed by atoms with Gasteiger partial charge in [0.25, 0.3) is 0 Å². The number of hydrogen-bond acceptors (Lipinski definition) is 4. The number of nitrogens with zero attached hydrogens (tertiary/aromatic N) is 1. The molecule has 5 nitrogen and oxygen atoms in total. The highest BCUT2D eigenvalue weighted by Gasteiger charge is 2.28. The Morgan fingerprint density at radius 1 is 1.06 bits per heavy atom. The summed E-state index contributed by atoms with van der Waals surface area (Å²) >= 11 is 0. The van der Waals surface area contributed by atoms with Crippen LogP contribution >= 0.6 is 0 Å². The van der Waals surface area contributed by atoms with E-state index in [0.29, 0.717) is 32.4 Å². The van der Waals surface area contributed by atoms with E-state index in [-0.39, 0.29) is 23.7 Å². The van der Waals surface area contributed by atoms with Gasteiger partial charge in [-0.25, -0.2) is 0 Å². The molecule has 0 saturated carbocycles. The van der Waals surface area contributed by atoms with Gasteiger partial charge in [-0.15, -0.1) is 0 Å². The molecule has 0 aromatic heterocycles. The smallest absolute Gasteiger partial charge is 0.305 e. The van der Waals surface area contributed by atoms with Crippen molar-refractivity contribution < 1.29 is 19.1 Å². The number of amides is 1. The van der Waals surface area contributed by atoms with Crippen molar-refractivity contribution >= 4 is 28.4 Å². The Kier molecular flexibility index (Phi) is 9.02. The number of benzene rings is 2. The van der Waals surface area contributed by atoms with Gasteiger partial charge in [-0.2, -0.15) is 0 Å².